The number of hydrogen-bond acceptors (Lipinski definition) is 4. The van der Waals surface area contributed by atoms with Gasteiger partial charge in [-0.05, 0) is 40.2 Å². The second-order valence-electron chi connectivity index (χ2n) is 3.55. The topological polar surface area (TPSA) is 48.4 Å². The highest BCUT2D eigenvalue weighted by Gasteiger charge is 2.08. The molecular weight excluding hydrogens is 317 g/mol. The van der Waals surface area contributed by atoms with E-state index >= 15 is 0 Å². The molecule has 0 saturated carbocycles. The van der Waals surface area contributed by atoms with Gasteiger partial charge in [-0.15, -0.1) is 0 Å². The number of ether oxygens (including phenoxy) is 2. The lowest BCUT2D eigenvalue weighted by atomic mass is 10.3. The van der Waals surface area contributed by atoms with Crippen LogP contribution in [0.25, 0.3) is 0 Å². The molecule has 1 aromatic carbocycles. The third kappa shape index (κ3) is 3.29. The van der Waals surface area contributed by atoms with Gasteiger partial charge in [0.05, 0.1) is 17.1 Å². The fourth-order valence-electron chi connectivity index (χ4n) is 1.37. The molecule has 1 heterocycles. The number of halogens is 2. The highest BCUT2D eigenvalue weighted by atomic mass is 79.9. The number of carbonyl (C=O) groups is 1. The number of nitrogens with zero attached hydrogens (tertiary/aromatic N) is 1. The molecular formula is C13H9BrFNO3. The van der Waals surface area contributed by atoms with Crippen molar-refractivity contribution in [2.45, 2.75) is 0 Å². The second kappa shape index (κ2) is 5.79. The molecule has 0 N–H and O–H groups in total. The Morgan fingerprint density at radius 2 is 2.11 bits per heavy atom. The van der Waals surface area contributed by atoms with E-state index in [9.17, 15) is 9.18 Å². The van der Waals surface area contributed by atoms with E-state index in [2.05, 4.69) is 25.7 Å². The number of hydrogen-bond donors (Lipinski definition) is 0. The Morgan fingerprint density at radius 3 is 2.79 bits per heavy atom. The Hall–Kier alpha value is -1.95. The molecule has 0 aliphatic carbocycles. The normalized spacial score (nSPS) is 10.1. The van der Waals surface area contributed by atoms with Gasteiger partial charge in [-0.2, -0.15) is 0 Å². The van der Waals surface area contributed by atoms with E-state index in [-0.39, 0.29) is 16.2 Å². The molecule has 4 nitrogen and oxygen atoms in total. The molecule has 2 aromatic rings. The molecule has 0 aliphatic rings. The van der Waals surface area contributed by atoms with Gasteiger partial charge in [0, 0.05) is 12.3 Å². The average molecular weight is 326 g/mol. The molecule has 0 spiro atoms. The molecule has 0 unspecified atom stereocenters. The van der Waals surface area contributed by atoms with Gasteiger partial charge < -0.3 is 9.47 Å². The number of rotatable bonds is 3. The summed E-state index contributed by atoms with van der Waals surface area (Å²) in [5.74, 6) is -0.236. The Bertz CT molecular complexity index is 619. The molecule has 0 radical (unpaired) electrons. The molecule has 1 aromatic heterocycles. The first-order valence-corrected chi connectivity index (χ1v) is 6.06. The lowest BCUT2D eigenvalue weighted by Crippen LogP contribution is -2.01. The van der Waals surface area contributed by atoms with Crippen molar-refractivity contribution >= 4 is 21.9 Å². The minimum atomic E-state index is -0.479. The number of esters is 1. The zero-order valence-corrected chi connectivity index (χ0v) is 11.5. The van der Waals surface area contributed by atoms with Crippen molar-refractivity contribution in [2.24, 2.45) is 0 Å². The third-order valence-corrected chi connectivity index (χ3v) is 2.88. The van der Waals surface area contributed by atoms with Crippen LogP contribution in [-0.4, -0.2) is 18.1 Å². The summed E-state index contributed by atoms with van der Waals surface area (Å²) in [5.41, 5.74) is 0.327. The lowest BCUT2D eigenvalue weighted by molar-refractivity contribution is 0.0600. The fourth-order valence-corrected chi connectivity index (χ4v) is 1.73. The SMILES string of the molecule is COC(=O)c1ccnc(Oc2ccc(F)c(Br)c2)c1. The first-order chi connectivity index (χ1) is 9.10. The van der Waals surface area contributed by atoms with Gasteiger partial charge in [0.15, 0.2) is 0 Å². The number of aromatic nitrogens is 1. The van der Waals surface area contributed by atoms with E-state index in [1.54, 1.807) is 0 Å². The maximum Gasteiger partial charge on any atom is 0.338 e. The Balaban J connectivity index is 2.23. The standard InChI is InChI=1S/C13H9BrFNO3/c1-18-13(17)8-4-5-16-12(6-8)19-9-2-3-11(15)10(14)7-9/h2-7H,1H3. The van der Waals surface area contributed by atoms with E-state index in [1.807, 2.05) is 0 Å². The van der Waals surface area contributed by atoms with Gasteiger partial charge in [-0.1, -0.05) is 0 Å². The van der Waals surface area contributed by atoms with Gasteiger partial charge in [-0.3, -0.25) is 0 Å². The van der Waals surface area contributed by atoms with Crippen LogP contribution in [0.4, 0.5) is 4.39 Å². The molecule has 0 atom stereocenters. The van der Waals surface area contributed by atoms with Crippen molar-refractivity contribution in [1.29, 1.82) is 0 Å². The summed E-state index contributed by atoms with van der Waals surface area (Å²) in [6, 6.07) is 7.17. The van der Waals surface area contributed by atoms with Crippen LogP contribution >= 0.6 is 15.9 Å². The van der Waals surface area contributed by atoms with Crippen molar-refractivity contribution < 1.29 is 18.7 Å². The maximum absolute atomic E-state index is 13.1. The third-order valence-electron chi connectivity index (χ3n) is 2.27. The zero-order chi connectivity index (χ0) is 13.8. The van der Waals surface area contributed by atoms with Crippen molar-refractivity contribution in [1.82, 2.24) is 4.98 Å². The van der Waals surface area contributed by atoms with Crippen LogP contribution in [0, 0.1) is 5.82 Å². The van der Waals surface area contributed by atoms with Crippen LogP contribution in [0.1, 0.15) is 10.4 Å². The lowest BCUT2D eigenvalue weighted by Gasteiger charge is -2.06. The zero-order valence-electron chi connectivity index (χ0n) is 9.89. The fraction of sp³-hybridized carbons (Fsp3) is 0.0769. The highest BCUT2D eigenvalue weighted by molar-refractivity contribution is 9.10. The highest BCUT2D eigenvalue weighted by Crippen LogP contribution is 2.25. The van der Waals surface area contributed by atoms with Gasteiger partial charge in [0.25, 0.3) is 0 Å². The van der Waals surface area contributed by atoms with Crippen molar-refractivity contribution in [2.75, 3.05) is 7.11 Å². The predicted octanol–water partition coefficient (Wildman–Crippen LogP) is 3.56. The first-order valence-electron chi connectivity index (χ1n) is 5.27. The van der Waals surface area contributed by atoms with E-state index in [0.717, 1.165) is 0 Å². The maximum atomic E-state index is 13.1. The van der Waals surface area contributed by atoms with E-state index in [4.69, 9.17) is 4.74 Å². The molecule has 6 heteroatoms. The minimum Gasteiger partial charge on any atom is -0.465 e. The molecule has 2 rings (SSSR count). The van der Waals surface area contributed by atoms with E-state index in [0.29, 0.717) is 11.3 Å². The molecule has 0 bridgehead atoms. The molecule has 0 amide bonds. The summed E-state index contributed by atoms with van der Waals surface area (Å²) < 4.78 is 23.4. The Labute approximate surface area is 117 Å². The Kier molecular flexibility index (Phi) is 4.11. The van der Waals surface area contributed by atoms with Gasteiger partial charge >= 0.3 is 5.97 Å². The predicted molar refractivity (Wildman–Crippen MR) is 69.8 cm³/mol. The van der Waals surface area contributed by atoms with Crippen molar-refractivity contribution in [3.05, 3.63) is 52.4 Å². The number of methoxy groups -OCH3 is 1. The van der Waals surface area contributed by atoms with Crippen LogP contribution in [0.2, 0.25) is 0 Å². The Morgan fingerprint density at radius 1 is 1.32 bits per heavy atom. The summed E-state index contributed by atoms with van der Waals surface area (Å²) in [6.07, 6.45) is 1.43. The smallest absolute Gasteiger partial charge is 0.338 e. The van der Waals surface area contributed by atoms with Crippen molar-refractivity contribution in [3.8, 4) is 11.6 Å². The largest absolute Gasteiger partial charge is 0.465 e. The van der Waals surface area contributed by atoms with E-state index < -0.39 is 5.97 Å². The molecule has 0 saturated heterocycles. The first kappa shape index (κ1) is 13.5. The van der Waals surface area contributed by atoms with Crippen LogP contribution < -0.4 is 4.74 Å². The molecule has 19 heavy (non-hydrogen) atoms. The summed E-state index contributed by atoms with van der Waals surface area (Å²) in [6.45, 7) is 0. The van der Waals surface area contributed by atoms with Crippen LogP contribution in [0.3, 0.4) is 0 Å². The van der Waals surface area contributed by atoms with Crippen molar-refractivity contribution in [3.63, 3.8) is 0 Å². The summed E-state index contributed by atoms with van der Waals surface area (Å²) in [7, 11) is 1.29. The number of pyridine rings is 1. The minimum absolute atomic E-state index is 0.224. The quantitative estimate of drug-likeness (QED) is 0.809. The van der Waals surface area contributed by atoms with Gasteiger partial charge in [0.1, 0.15) is 11.6 Å². The molecule has 0 fully saturated rings. The van der Waals surface area contributed by atoms with Crippen LogP contribution in [-0.2, 0) is 4.74 Å². The number of benzene rings is 1. The molecule has 0 aliphatic heterocycles. The van der Waals surface area contributed by atoms with E-state index in [1.165, 1.54) is 43.6 Å². The van der Waals surface area contributed by atoms with Gasteiger partial charge in [0.2, 0.25) is 5.88 Å². The monoisotopic (exact) mass is 325 g/mol. The summed E-state index contributed by atoms with van der Waals surface area (Å²) >= 11 is 3.06. The summed E-state index contributed by atoms with van der Waals surface area (Å²) in [5, 5.41) is 0. The second-order valence-corrected chi connectivity index (χ2v) is 4.41. The van der Waals surface area contributed by atoms with Crippen LogP contribution in [0.5, 0.6) is 11.6 Å². The average Bonchev–Trinajstić information content (AvgIpc) is 2.42. The molecule has 98 valence electrons. The van der Waals surface area contributed by atoms with Gasteiger partial charge in [-0.25, -0.2) is 14.2 Å². The summed E-state index contributed by atoms with van der Waals surface area (Å²) in [4.78, 5) is 15.3. The number of carbonyl (C=O) groups excluding carboxylic acids is 1. The van der Waals surface area contributed by atoms with Crippen LogP contribution in [0.15, 0.2) is 41.0 Å².